The van der Waals surface area contributed by atoms with Crippen molar-refractivity contribution in [3.8, 4) is 0 Å². The summed E-state index contributed by atoms with van der Waals surface area (Å²) in [6, 6.07) is 0. The number of hydrogen-bond acceptors (Lipinski definition) is 5. The van der Waals surface area contributed by atoms with Crippen LogP contribution in [0.5, 0.6) is 0 Å². The van der Waals surface area contributed by atoms with Gasteiger partial charge in [0, 0.05) is 36.3 Å². The molecule has 100 valence electrons. The molecule has 2 rings (SSSR count). The van der Waals surface area contributed by atoms with Crippen molar-refractivity contribution in [2.75, 3.05) is 30.8 Å². The van der Waals surface area contributed by atoms with E-state index in [0.717, 1.165) is 36.9 Å². The van der Waals surface area contributed by atoms with Crippen LogP contribution >= 0.6 is 11.8 Å². The Hall–Kier alpha value is -0.810. The van der Waals surface area contributed by atoms with Crippen LogP contribution in [0.2, 0.25) is 0 Å². The number of rotatable bonds is 3. The summed E-state index contributed by atoms with van der Waals surface area (Å²) in [4.78, 5) is 11.3. The van der Waals surface area contributed by atoms with Crippen LogP contribution in [0.1, 0.15) is 26.0 Å². The molecule has 1 aliphatic rings. The average Bonchev–Trinajstić information content (AvgIpc) is 2.51. The molecule has 0 bridgehead atoms. The van der Waals surface area contributed by atoms with Crippen LogP contribution in [0.3, 0.4) is 0 Å². The predicted molar refractivity (Wildman–Crippen MR) is 78.2 cm³/mol. The second-order valence-corrected chi connectivity index (χ2v) is 7.05. The second kappa shape index (κ2) is 5.89. The number of anilines is 1. The van der Waals surface area contributed by atoms with Gasteiger partial charge in [0.15, 0.2) is 0 Å². The van der Waals surface area contributed by atoms with Crippen molar-refractivity contribution in [3.63, 3.8) is 0 Å². The summed E-state index contributed by atoms with van der Waals surface area (Å²) in [6.07, 6.45) is 4.90. The molecule has 1 aromatic rings. The lowest BCUT2D eigenvalue weighted by Gasteiger charge is -2.23. The Kier molecular flexibility index (Phi) is 4.45. The van der Waals surface area contributed by atoms with E-state index in [-0.39, 0.29) is 0 Å². The summed E-state index contributed by atoms with van der Waals surface area (Å²) >= 11 is 2.05. The van der Waals surface area contributed by atoms with E-state index in [4.69, 9.17) is 0 Å². The maximum Gasteiger partial charge on any atom is 0.147 e. The summed E-state index contributed by atoms with van der Waals surface area (Å²) in [7, 11) is 1.93. The third kappa shape index (κ3) is 3.59. The number of thioether (sulfide) groups is 1. The highest BCUT2D eigenvalue weighted by atomic mass is 32.2. The molecule has 1 fully saturated rings. The van der Waals surface area contributed by atoms with E-state index in [0.29, 0.717) is 4.75 Å². The van der Waals surface area contributed by atoms with Crippen LogP contribution in [-0.2, 0) is 6.54 Å². The molecule has 1 N–H and O–H groups in total. The smallest absolute Gasteiger partial charge is 0.147 e. The highest BCUT2D eigenvalue weighted by Gasteiger charge is 2.24. The molecule has 5 heteroatoms. The van der Waals surface area contributed by atoms with Crippen molar-refractivity contribution in [1.29, 1.82) is 0 Å². The minimum atomic E-state index is 0.380. The van der Waals surface area contributed by atoms with Crippen molar-refractivity contribution < 1.29 is 0 Å². The van der Waals surface area contributed by atoms with Gasteiger partial charge in [0.05, 0.1) is 11.9 Å². The van der Waals surface area contributed by atoms with Crippen molar-refractivity contribution in [3.05, 3.63) is 18.1 Å². The van der Waals surface area contributed by atoms with E-state index in [1.807, 2.05) is 19.4 Å². The highest BCUT2D eigenvalue weighted by Crippen LogP contribution is 2.31. The van der Waals surface area contributed by atoms with Crippen LogP contribution in [-0.4, -0.2) is 40.6 Å². The molecule has 0 saturated carbocycles. The molecule has 1 saturated heterocycles. The molecule has 0 aromatic carbocycles. The van der Waals surface area contributed by atoms with Crippen LogP contribution in [0, 0.1) is 0 Å². The fourth-order valence-electron chi connectivity index (χ4n) is 2.06. The maximum atomic E-state index is 4.67. The molecule has 1 aliphatic heterocycles. The molecule has 0 radical (unpaired) electrons. The highest BCUT2D eigenvalue weighted by molar-refractivity contribution is 8.00. The monoisotopic (exact) mass is 266 g/mol. The van der Waals surface area contributed by atoms with Crippen LogP contribution in [0.15, 0.2) is 12.4 Å². The molecule has 0 unspecified atom stereocenters. The number of hydrogen-bond donors (Lipinski definition) is 1. The Balaban J connectivity index is 2.08. The third-order valence-electron chi connectivity index (χ3n) is 3.19. The van der Waals surface area contributed by atoms with Crippen molar-refractivity contribution >= 4 is 17.6 Å². The third-order valence-corrected chi connectivity index (χ3v) is 4.56. The van der Waals surface area contributed by atoms with Gasteiger partial charge in [0.25, 0.3) is 0 Å². The lowest BCUT2D eigenvalue weighted by molar-refractivity contribution is 0.633. The zero-order chi connectivity index (χ0) is 13.0. The fraction of sp³-hybridized carbons (Fsp3) is 0.692. The van der Waals surface area contributed by atoms with Gasteiger partial charge in [0.1, 0.15) is 5.82 Å². The van der Waals surface area contributed by atoms with Gasteiger partial charge >= 0.3 is 0 Å². The summed E-state index contributed by atoms with van der Waals surface area (Å²) < 4.78 is 0.380. The normalized spacial score (nSPS) is 19.6. The van der Waals surface area contributed by atoms with Crippen molar-refractivity contribution in [1.82, 2.24) is 15.3 Å². The first kappa shape index (κ1) is 13.6. The quantitative estimate of drug-likeness (QED) is 0.905. The zero-order valence-electron chi connectivity index (χ0n) is 11.4. The van der Waals surface area contributed by atoms with Gasteiger partial charge in [-0.05, 0) is 13.5 Å². The summed E-state index contributed by atoms with van der Waals surface area (Å²) in [5, 5.41) is 3.11. The standard InChI is InChI=1S/C13H22N4S/c1-13(2)4-5-17(6-7-18-13)12-10-15-9-11(16-12)8-14-3/h9-10,14H,4-8H2,1-3H3. The second-order valence-electron chi connectivity index (χ2n) is 5.24. The van der Waals surface area contributed by atoms with Crippen LogP contribution in [0.25, 0.3) is 0 Å². The Morgan fingerprint density at radius 3 is 3.00 bits per heavy atom. The van der Waals surface area contributed by atoms with E-state index in [1.54, 1.807) is 0 Å². The lowest BCUT2D eigenvalue weighted by Crippen LogP contribution is -2.28. The number of aromatic nitrogens is 2. The SMILES string of the molecule is CNCc1cncc(N2CCSC(C)(C)CC2)n1. The zero-order valence-corrected chi connectivity index (χ0v) is 12.3. The van der Waals surface area contributed by atoms with Gasteiger partial charge in [0.2, 0.25) is 0 Å². The molecule has 0 spiro atoms. The minimum absolute atomic E-state index is 0.380. The molecular weight excluding hydrogens is 244 g/mol. The Morgan fingerprint density at radius 2 is 2.22 bits per heavy atom. The summed E-state index contributed by atoms with van der Waals surface area (Å²) in [6.45, 7) is 7.55. The van der Waals surface area contributed by atoms with Gasteiger partial charge in [-0.1, -0.05) is 13.8 Å². The van der Waals surface area contributed by atoms with Gasteiger partial charge in [-0.3, -0.25) is 4.98 Å². The predicted octanol–water partition coefficient (Wildman–Crippen LogP) is 1.92. The van der Waals surface area contributed by atoms with E-state index in [9.17, 15) is 0 Å². The van der Waals surface area contributed by atoms with E-state index >= 15 is 0 Å². The van der Waals surface area contributed by atoms with Gasteiger partial charge in [-0.25, -0.2) is 4.98 Å². The number of nitrogens with one attached hydrogen (secondary N) is 1. The average molecular weight is 266 g/mol. The molecule has 1 aromatic heterocycles. The molecule has 18 heavy (non-hydrogen) atoms. The Bertz CT molecular complexity index is 394. The lowest BCUT2D eigenvalue weighted by atomic mass is 10.1. The van der Waals surface area contributed by atoms with Crippen molar-refractivity contribution in [2.45, 2.75) is 31.6 Å². The molecule has 0 aliphatic carbocycles. The summed E-state index contributed by atoms with van der Waals surface area (Å²) in [5.74, 6) is 2.17. The van der Waals surface area contributed by atoms with Crippen LogP contribution < -0.4 is 10.2 Å². The van der Waals surface area contributed by atoms with Crippen molar-refractivity contribution in [2.24, 2.45) is 0 Å². The molecule has 4 nitrogen and oxygen atoms in total. The van der Waals surface area contributed by atoms with E-state index in [2.05, 4.69) is 45.8 Å². The van der Waals surface area contributed by atoms with Gasteiger partial charge < -0.3 is 10.2 Å². The largest absolute Gasteiger partial charge is 0.354 e. The maximum absolute atomic E-state index is 4.67. The van der Waals surface area contributed by atoms with Crippen LogP contribution in [0.4, 0.5) is 5.82 Å². The molecule has 0 atom stereocenters. The topological polar surface area (TPSA) is 41.1 Å². The van der Waals surface area contributed by atoms with E-state index in [1.165, 1.54) is 6.42 Å². The fourth-order valence-corrected chi connectivity index (χ4v) is 3.16. The molecule has 2 heterocycles. The Labute approximate surface area is 114 Å². The minimum Gasteiger partial charge on any atom is -0.354 e. The first-order valence-corrected chi connectivity index (χ1v) is 7.44. The first-order chi connectivity index (χ1) is 8.61. The summed E-state index contributed by atoms with van der Waals surface area (Å²) in [5.41, 5.74) is 1.01. The van der Waals surface area contributed by atoms with Gasteiger partial charge in [-0.2, -0.15) is 11.8 Å². The molecular formula is C13H22N4S. The molecule has 0 amide bonds. The number of nitrogens with zero attached hydrogens (tertiary/aromatic N) is 3. The van der Waals surface area contributed by atoms with Gasteiger partial charge in [-0.15, -0.1) is 0 Å². The van der Waals surface area contributed by atoms with E-state index < -0.39 is 0 Å². The first-order valence-electron chi connectivity index (χ1n) is 6.45. The Morgan fingerprint density at radius 1 is 1.39 bits per heavy atom.